The first-order chi connectivity index (χ1) is 9.83. The Morgan fingerprint density at radius 2 is 2.20 bits per heavy atom. The molecule has 0 aromatic carbocycles. The monoisotopic (exact) mass is 321 g/mol. The van der Waals surface area contributed by atoms with Crippen LogP contribution < -0.4 is 0 Å². The van der Waals surface area contributed by atoms with Gasteiger partial charge in [-0.25, -0.2) is 4.98 Å². The van der Waals surface area contributed by atoms with Crippen LogP contribution in [-0.2, 0) is 5.75 Å². The van der Waals surface area contributed by atoms with Crippen LogP contribution in [0.5, 0.6) is 0 Å². The summed E-state index contributed by atoms with van der Waals surface area (Å²) in [7, 11) is 0. The molecule has 1 saturated heterocycles. The fourth-order valence-electron chi connectivity index (χ4n) is 2.11. The molecule has 3 nitrogen and oxygen atoms in total. The van der Waals surface area contributed by atoms with Crippen LogP contribution in [0.15, 0.2) is 29.8 Å². The van der Waals surface area contributed by atoms with Crippen LogP contribution in [0.2, 0.25) is 0 Å². The molecule has 0 aliphatic carbocycles. The number of aromatic nitrogens is 2. The molecule has 0 amide bonds. The van der Waals surface area contributed by atoms with Crippen LogP contribution >= 0.6 is 35.3 Å². The summed E-state index contributed by atoms with van der Waals surface area (Å²) in [6, 6.07) is 5.90. The highest BCUT2D eigenvalue weighted by atomic mass is 32.2. The number of thiocarbonyl (C=S) groups is 1. The molecule has 20 heavy (non-hydrogen) atoms. The zero-order valence-corrected chi connectivity index (χ0v) is 13.4. The third kappa shape index (κ3) is 3.37. The minimum atomic E-state index is 0.846. The maximum absolute atomic E-state index is 5.47. The number of hydrogen-bond donors (Lipinski definition) is 0. The van der Waals surface area contributed by atoms with Crippen molar-refractivity contribution < 1.29 is 0 Å². The van der Waals surface area contributed by atoms with E-state index in [1.54, 1.807) is 29.3 Å². The van der Waals surface area contributed by atoms with E-state index in [2.05, 4.69) is 20.2 Å². The Morgan fingerprint density at radius 1 is 1.35 bits per heavy atom. The lowest BCUT2D eigenvalue weighted by Gasteiger charge is -2.16. The van der Waals surface area contributed by atoms with E-state index in [0.29, 0.717) is 0 Å². The van der Waals surface area contributed by atoms with Crippen molar-refractivity contribution in [3.8, 4) is 10.7 Å². The van der Waals surface area contributed by atoms with Crippen molar-refractivity contribution in [2.45, 2.75) is 18.6 Å². The molecule has 3 rings (SSSR count). The SMILES string of the molecule is S=C(SCc1csc(-c2ccccn2)n1)N1CCCC1. The molecule has 0 radical (unpaired) electrons. The van der Waals surface area contributed by atoms with Gasteiger partial charge in [0.05, 0.1) is 11.4 Å². The molecule has 3 heterocycles. The molecule has 0 N–H and O–H groups in total. The number of rotatable bonds is 3. The Hall–Kier alpha value is -0.980. The smallest absolute Gasteiger partial charge is 0.142 e. The van der Waals surface area contributed by atoms with Crippen molar-refractivity contribution in [1.29, 1.82) is 0 Å². The van der Waals surface area contributed by atoms with E-state index in [-0.39, 0.29) is 0 Å². The number of nitrogens with zero attached hydrogens (tertiary/aromatic N) is 3. The lowest BCUT2D eigenvalue weighted by Crippen LogP contribution is -2.23. The molecule has 104 valence electrons. The Morgan fingerprint density at radius 3 is 2.95 bits per heavy atom. The fraction of sp³-hybridized carbons (Fsp3) is 0.357. The number of hydrogen-bond acceptors (Lipinski definition) is 5. The van der Waals surface area contributed by atoms with Gasteiger partial charge < -0.3 is 4.90 Å². The Kier molecular flexibility index (Phi) is 4.65. The predicted molar refractivity (Wildman–Crippen MR) is 90.0 cm³/mol. The minimum Gasteiger partial charge on any atom is -0.358 e. The van der Waals surface area contributed by atoms with Crippen molar-refractivity contribution in [1.82, 2.24) is 14.9 Å². The standard InChI is InChI=1S/C14H15N3S3/c18-14(17-7-3-4-8-17)20-10-11-9-19-13(16-11)12-5-1-2-6-15-12/h1-2,5-6,9H,3-4,7-8,10H2. The molecule has 0 spiro atoms. The van der Waals surface area contributed by atoms with Crippen molar-refractivity contribution in [3.63, 3.8) is 0 Å². The molecule has 1 aliphatic rings. The summed E-state index contributed by atoms with van der Waals surface area (Å²) in [5.74, 6) is 0.846. The highest BCUT2D eigenvalue weighted by Crippen LogP contribution is 2.25. The van der Waals surface area contributed by atoms with Crippen LogP contribution in [0, 0.1) is 0 Å². The lowest BCUT2D eigenvalue weighted by molar-refractivity contribution is 0.539. The number of likely N-dealkylation sites (tertiary alicyclic amines) is 1. The van der Waals surface area contributed by atoms with Crippen LogP contribution in [0.1, 0.15) is 18.5 Å². The van der Waals surface area contributed by atoms with Crippen LogP contribution in [-0.4, -0.2) is 32.3 Å². The topological polar surface area (TPSA) is 29.0 Å². The van der Waals surface area contributed by atoms with E-state index >= 15 is 0 Å². The van der Waals surface area contributed by atoms with Crippen molar-refractivity contribution in [2.75, 3.05) is 13.1 Å². The van der Waals surface area contributed by atoms with E-state index in [1.165, 1.54) is 12.8 Å². The first-order valence-electron chi connectivity index (χ1n) is 6.60. The summed E-state index contributed by atoms with van der Waals surface area (Å²) in [5, 5.41) is 3.08. The molecule has 2 aromatic heterocycles. The lowest BCUT2D eigenvalue weighted by atomic mass is 10.4. The van der Waals surface area contributed by atoms with Gasteiger partial charge in [0.25, 0.3) is 0 Å². The van der Waals surface area contributed by atoms with E-state index in [9.17, 15) is 0 Å². The Bertz CT molecular complexity index is 576. The molecule has 1 aliphatic heterocycles. The van der Waals surface area contributed by atoms with Gasteiger partial charge >= 0.3 is 0 Å². The molecule has 2 aromatic rings. The third-order valence-electron chi connectivity index (χ3n) is 3.14. The summed E-state index contributed by atoms with van der Waals surface area (Å²) in [4.78, 5) is 11.3. The summed E-state index contributed by atoms with van der Waals surface area (Å²) in [6.45, 7) is 2.23. The van der Waals surface area contributed by atoms with Gasteiger partial charge in [0.1, 0.15) is 9.33 Å². The Labute approximate surface area is 132 Å². The van der Waals surface area contributed by atoms with Crippen molar-refractivity contribution in [2.24, 2.45) is 0 Å². The van der Waals surface area contributed by atoms with Gasteiger partial charge in [0.2, 0.25) is 0 Å². The van der Waals surface area contributed by atoms with Gasteiger partial charge in [0.15, 0.2) is 0 Å². The largest absolute Gasteiger partial charge is 0.358 e. The van der Waals surface area contributed by atoms with E-state index in [0.717, 1.165) is 39.6 Å². The highest BCUT2D eigenvalue weighted by molar-refractivity contribution is 8.22. The summed E-state index contributed by atoms with van der Waals surface area (Å²) in [6.07, 6.45) is 4.33. The molecule has 1 fully saturated rings. The van der Waals surface area contributed by atoms with E-state index in [1.807, 2.05) is 18.2 Å². The van der Waals surface area contributed by atoms with E-state index in [4.69, 9.17) is 12.2 Å². The molecular formula is C14H15N3S3. The van der Waals surface area contributed by atoms with Gasteiger partial charge in [-0.2, -0.15) is 0 Å². The second-order valence-corrected chi connectivity index (χ2v) is 7.07. The van der Waals surface area contributed by atoms with Gasteiger partial charge in [0, 0.05) is 30.4 Å². The predicted octanol–water partition coefficient (Wildman–Crippen LogP) is 3.82. The molecule has 0 bridgehead atoms. The normalized spacial score (nSPS) is 14.7. The molecule has 0 atom stereocenters. The summed E-state index contributed by atoms with van der Waals surface area (Å²) >= 11 is 8.82. The van der Waals surface area contributed by atoms with Gasteiger partial charge in [-0.3, -0.25) is 4.98 Å². The highest BCUT2D eigenvalue weighted by Gasteiger charge is 2.15. The van der Waals surface area contributed by atoms with Gasteiger partial charge in [-0.15, -0.1) is 11.3 Å². The average molecular weight is 321 g/mol. The van der Waals surface area contributed by atoms with E-state index < -0.39 is 0 Å². The first-order valence-corrected chi connectivity index (χ1v) is 8.88. The molecular weight excluding hydrogens is 306 g/mol. The van der Waals surface area contributed by atoms with Crippen molar-refractivity contribution >= 4 is 39.6 Å². The summed E-state index contributed by atoms with van der Waals surface area (Å²) < 4.78 is 1.01. The Balaban J connectivity index is 1.59. The zero-order chi connectivity index (χ0) is 13.8. The molecule has 0 saturated carbocycles. The summed E-state index contributed by atoms with van der Waals surface area (Å²) in [5.41, 5.74) is 2.03. The third-order valence-corrected chi connectivity index (χ3v) is 5.61. The maximum Gasteiger partial charge on any atom is 0.142 e. The number of pyridine rings is 1. The van der Waals surface area contributed by atoms with Gasteiger partial charge in [-0.1, -0.05) is 30.0 Å². The zero-order valence-electron chi connectivity index (χ0n) is 11.0. The quantitative estimate of drug-likeness (QED) is 0.802. The second kappa shape index (κ2) is 6.65. The maximum atomic E-state index is 5.47. The molecule has 6 heteroatoms. The average Bonchev–Trinajstić information content (AvgIpc) is 3.17. The first kappa shape index (κ1) is 14.0. The van der Waals surface area contributed by atoms with Crippen LogP contribution in [0.4, 0.5) is 0 Å². The van der Waals surface area contributed by atoms with Gasteiger partial charge in [-0.05, 0) is 25.0 Å². The van der Waals surface area contributed by atoms with Crippen LogP contribution in [0.25, 0.3) is 10.7 Å². The fourth-order valence-corrected chi connectivity index (χ4v) is 4.15. The second-order valence-electron chi connectivity index (χ2n) is 4.61. The van der Waals surface area contributed by atoms with Crippen molar-refractivity contribution in [3.05, 3.63) is 35.5 Å². The molecule has 0 unspecified atom stereocenters. The number of thiazole rings is 1. The van der Waals surface area contributed by atoms with Crippen LogP contribution in [0.3, 0.4) is 0 Å². The number of thioether (sulfide) groups is 1. The minimum absolute atomic E-state index is 0.846.